The summed E-state index contributed by atoms with van der Waals surface area (Å²) >= 11 is 0. The van der Waals surface area contributed by atoms with Crippen molar-refractivity contribution in [2.45, 2.75) is 120 Å². The first-order valence-electron chi connectivity index (χ1n) is 15.3. The van der Waals surface area contributed by atoms with Crippen LogP contribution >= 0.6 is 0 Å². The highest BCUT2D eigenvalue weighted by atomic mass is 32.2. The first-order chi connectivity index (χ1) is 19.5. The van der Waals surface area contributed by atoms with Gasteiger partial charge >= 0.3 is 0 Å². The van der Waals surface area contributed by atoms with E-state index in [0.717, 1.165) is 44.1 Å². The molecule has 228 valence electrons. The zero-order chi connectivity index (χ0) is 30.0. The molecule has 1 aromatic carbocycles. The summed E-state index contributed by atoms with van der Waals surface area (Å²) in [5.41, 5.74) is 0.942. The third-order valence-electron chi connectivity index (χ3n) is 8.40. The highest BCUT2D eigenvalue weighted by Crippen LogP contribution is 2.35. The van der Waals surface area contributed by atoms with Crippen LogP contribution in [0.5, 0.6) is 0 Å². The Morgan fingerprint density at radius 2 is 1.61 bits per heavy atom. The van der Waals surface area contributed by atoms with E-state index < -0.39 is 51.7 Å². The lowest BCUT2D eigenvalue weighted by Crippen LogP contribution is -2.56. The summed E-state index contributed by atoms with van der Waals surface area (Å²) in [6.07, 6.45) is 12.7. The smallest absolute Gasteiger partial charge is 0.243 e. The Balaban J connectivity index is 1.73. The van der Waals surface area contributed by atoms with E-state index in [1.54, 1.807) is 0 Å². The predicted octanol–water partition coefficient (Wildman–Crippen LogP) is 3.88. The third kappa shape index (κ3) is 11.2. The van der Waals surface area contributed by atoms with Crippen LogP contribution in [0.15, 0.2) is 30.3 Å². The Kier molecular flexibility index (Phi) is 12.9. The molecule has 0 heterocycles. The Morgan fingerprint density at radius 1 is 0.976 bits per heavy atom. The van der Waals surface area contributed by atoms with Gasteiger partial charge in [-0.15, -0.1) is 12.3 Å². The van der Waals surface area contributed by atoms with E-state index in [0.29, 0.717) is 31.1 Å². The van der Waals surface area contributed by atoms with Gasteiger partial charge in [-0.2, -0.15) is 0 Å². The lowest BCUT2D eigenvalue weighted by molar-refractivity contribution is -0.132. The minimum absolute atomic E-state index is 0.0190. The van der Waals surface area contributed by atoms with Crippen LogP contribution < -0.4 is 10.6 Å². The number of carbonyl (C=O) groups excluding carboxylic acids is 2. The van der Waals surface area contributed by atoms with Crippen molar-refractivity contribution in [3.63, 3.8) is 0 Å². The number of hydrogen-bond donors (Lipinski definition) is 4. The average Bonchev–Trinajstić information content (AvgIpc) is 3.76. The van der Waals surface area contributed by atoms with Gasteiger partial charge < -0.3 is 20.8 Å². The van der Waals surface area contributed by atoms with Crippen LogP contribution in [-0.4, -0.2) is 61.0 Å². The molecule has 1 unspecified atom stereocenters. The highest BCUT2D eigenvalue weighted by molar-refractivity contribution is 7.86. The summed E-state index contributed by atoms with van der Waals surface area (Å²) in [6.45, 7) is 5.64. The number of carbonyl (C=O) groups is 2. The van der Waals surface area contributed by atoms with Gasteiger partial charge in [-0.25, -0.2) is 0 Å². The molecule has 2 fully saturated rings. The van der Waals surface area contributed by atoms with Crippen molar-refractivity contribution in [3.8, 4) is 12.3 Å². The van der Waals surface area contributed by atoms with E-state index in [4.69, 9.17) is 6.42 Å². The summed E-state index contributed by atoms with van der Waals surface area (Å²) in [6, 6.07) is 7.91. The SMILES string of the molecule is C#CC[C@H](NC(=O)[C@H](Cc1ccccc1)CS(=O)C(C)(C)C)C(=O)N[C@@H](CC1CCCCC1)[C@@H](O)[C@@H](O)CC1CC1. The second kappa shape index (κ2) is 15.9. The van der Waals surface area contributed by atoms with Crippen molar-refractivity contribution in [2.24, 2.45) is 17.8 Å². The van der Waals surface area contributed by atoms with Crippen LogP contribution in [0.2, 0.25) is 0 Å². The van der Waals surface area contributed by atoms with Crippen molar-refractivity contribution in [1.82, 2.24) is 10.6 Å². The van der Waals surface area contributed by atoms with Crippen LogP contribution in [0.25, 0.3) is 0 Å². The first-order valence-corrected chi connectivity index (χ1v) is 16.6. The maximum atomic E-state index is 13.6. The van der Waals surface area contributed by atoms with Crippen molar-refractivity contribution >= 4 is 22.6 Å². The molecule has 7 nitrogen and oxygen atoms in total. The Hall–Kier alpha value is -2.21. The fourth-order valence-electron chi connectivity index (χ4n) is 5.63. The van der Waals surface area contributed by atoms with E-state index in [2.05, 4.69) is 16.6 Å². The third-order valence-corrected chi connectivity index (χ3v) is 10.5. The number of terminal acetylenes is 1. The predicted molar refractivity (Wildman–Crippen MR) is 164 cm³/mol. The van der Waals surface area contributed by atoms with Crippen molar-refractivity contribution in [1.29, 1.82) is 0 Å². The van der Waals surface area contributed by atoms with Crippen LogP contribution in [0, 0.1) is 30.1 Å². The minimum Gasteiger partial charge on any atom is -0.390 e. The molecule has 6 atom stereocenters. The molecule has 2 aliphatic rings. The molecule has 3 rings (SSSR count). The molecule has 4 N–H and O–H groups in total. The standard InChI is InChI=1S/C33H50N2O5S/c1-5-12-27(34-31(38)26(22-41(40)33(2,3)4)19-23-13-8-6-9-14-23)32(39)35-28(20-24-15-10-7-11-16-24)30(37)29(36)21-25-17-18-25/h1,6,8-9,13-14,24-30,36-37H,7,10-12,15-22H2,2-4H3,(H,34,38)(H,35,39)/t26-,27+,28+,29+,30-,41?/m1/s1. The highest BCUT2D eigenvalue weighted by Gasteiger charge is 2.36. The normalized spacial score (nSPS) is 20.6. The fourth-order valence-corrected chi connectivity index (χ4v) is 6.76. The number of aliphatic hydroxyl groups is 2. The fraction of sp³-hybridized carbons (Fsp3) is 0.697. The van der Waals surface area contributed by atoms with Gasteiger partial charge in [0.1, 0.15) is 12.1 Å². The number of nitrogens with one attached hydrogen (secondary N) is 2. The zero-order valence-electron chi connectivity index (χ0n) is 25.0. The van der Waals surface area contributed by atoms with Crippen molar-refractivity contribution < 1.29 is 24.0 Å². The number of rotatable bonds is 15. The summed E-state index contributed by atoms with van der Waals surface area (Å²) in [5.74, 6) is 1.99. The van der Waals surface area contributed by atoms with E-state index >= 15 is 0 Å². The van der Waals surface area contributed by atoms with Crippen molar-refractivity contribution in [3.05, 3.63) is 35.9 Å². The van der Waals surface area contributed by atoms with Gasteiger partial charge in [0.25, 0.3) is 0 Å². The van der Waals surface area contributed by atoms with Crippen LogP contribution in [-0.2, 0) is 26.8 Å². The molecule has 0 bridgehead atoms. The zero-order valence-corrected chi connectivity index (χ0v) is 25.8. The van der Waals surface area contributed by atoms with Gasteiger partial charge in [-0.1, -0.05) is 75.3 Å². The van der Waals surface area contributed by atoms with Gasteiger partial charge in [-0.05, 0) is 57.4 Å². The summed E-state index contributed by atoms with van der Waals surface area (Å²) in [7, 11) is -1.28. The van der Waals surface area contributed by atoms with Crippen LogP contribution in [0.3, 0.4) is 0 Å². The van der Waals surface area contributed by atoms with Crippen molar-refractivity contribution in [2.75, 3.05) is 5.75 Å². The number of hydrogen-bond acceptors (Lipinski definition) is 5. The quantitative estimate of drug-likeness (QED) is 0.233. The van der Waals surface area contributed by atoms with Gasteiger partial charge in [0.15, 0.2) is 0 Å². The number of benzene rings is 1. The Morgan fingerprint density at radius 3 is 2.20 bits per heavy atom. The largest absolute Gasteiger partial charge is 0.390 e. The van der Waals surface area contributed by atoms with Gasteiger partial charge in [-0.3, -0.25) is 13.8 Å². The maximum Gasteiger partial charge on any atom is 0.243 e. The molecule has 2 saturated carbocycles. The lowest BCUT2D eigenvalue weighted by Gasteiger charge is -2.33. The molecule has 2 amide bonds. The first kappa shape index (κ1) is 33.3. The van der Waals surface area contributed by atoms with E-state index in [9.17, 15) is 24.0 Å². The van der Waals surface area contributed by atoms with E-state index in [1.165, 1.54) is 6.42 Å². The lowest BCUT2D eigenvalue weighted by atomic mass is 9.82. The molecule has 8 heteroatoms. The molecular weight excluding hydrogens is 536 g/mol. The molecule has 0 saturated heterocycles. The summed E-state index contributed by atoms with van der Waals surface area (Å²) < 4.78 is 12.5. The molecule has 2 aliphatic carbocycles. The molecule has 0 aliphatic heterocycles. The van der Waals surface area contributed by atoms with E-state index in [1.807, 2.05) is 51.1 Å². The van der Waals surface area contributed by atoms with Gasteiger partial charge in [0, 0.05) is 27.7 Å². The summed E-state index contributed by atoms with van der Waals surface area (Å²) in [4.78, 5) is 27.2. The Labute approximate surface area is 249 Å². The Bertz CT molecular complexity index is 1040. The molecule has 0 spiro atoms. The number of aliphatic hydroxyl groups excluding tert-OH is 2. The van der Waals surface area contributed by atoms with E-state index in [-0.39, 0.29) is 18.1 Å². The second-order valence-electron chi connectivity index (χ2n) is 13.1. The molecule has 1 aromatic rings. The topological polar surface area (TPSA) is 116 Å². The second-order valence-corrected chi connectivity index (χ2v) is 15.3. The minimum atomic E-state index is -1.28. The summed E-state index contributed by atoms with van der Waals surface area (Å²) in [5, 5.41) is 27.7. The molecule has 41 heavy (non-hydrogen) atoms. The van der Waals surface area contributed by atoms with Crippen LogP contribution in [0.1, 0.15) is 90.5 Å². The van der Waals surface area contributed by atoms with Crippen LogP contribution in [0.4, 0.5) is 0 Å². The molecule has 0 aromatic heterocycles. The number of amides is 2. The van der Waals surface area contributed by atoms with Gasteiger partial charge in [0.2, 0.25) is 11.8 Å². The molecular formula is C33H50N2O5S. The van der Waals surface area contributed by atoms with Gasteiger partial charge in [0.05, 0.1) is 18.1 Å². The monoisotopic (exact) mass is 586 g/mol. The molecule has 0 radical (unpaired) electrons. The average molecular weight is 587 g/mol. The maximum absolute atomic E-state index is 13.6.